The lowest BCUT2D eigenvalue weighted by Crippen LogP contribution is -2.37. The van der Waals surface area contributed by atoms with Crippen LogP contribution in [0.3, 0.4) is 0 Å². The molecule has 1 N–H and O–H groups in total. The Balaban J connectivity index is 1.47. The van der Waals surface area contributed by atoms with E-state index in [2.05, 4.69) is 32.3 Å². The summed E-state index contributed by atoms with van der Waals surface area (Å²) in [5.74, 6) is 2.30. The Labute approximate surface area is 209 Å². The monoisotopic (exact) mass is 492 g/mol. The second-order valence-corrected chi connectivity index (χ2v) is 9.07. The number of rotatable bonds is 11. The zero-order chi connectivity index (χ0) is 24.9. The van der Waals surface area contributed by atoms with Crippen molar-refractivity contribution in [3.63, 3.8) is 0 Å². The lowest BCUT2D eigenvalue weighted by atomic mass is 10.1. The SMILES string of the molecule is CCOc1ccc2[nH]c(=O)c(CN(CC3CCCO3)C(CC)c3nnnn3Cc3ccco3)cc2c1. The summed E-state index contributed by atoms with van der Waals surface area (Å²) in [4.78, 5) is 18.4. The number of aromatic nitrogens is 5. The first kappa shape index (κ1) is 24.2. The minimum atomic E-state index is -0.107. The van der Waals surface area contributed by atoms with E-state index in [1.54, 1.807) is 10.9 Å². The second kappa shape index (κ2) is 11.0. The van der Waals surface area contributed by atoms with Crippen molar-refractivity contribution in [3.05, 3.63) is 70.2 Å². The van der Waals surface area contributed by atoms with E-state index in [1.165, 1.54) is 0 Å². The second-order valence-electron chi connectivity index (χ2n) is 9.07. The summed E-state index contributed by atoms with van der Waals surface area (Å²) in [6.45, 7) is 6.98. The van der Waals surface area contributed by atoms with Crippen molar-refractivity contribution in [2.45, 2.75) is 58.3 Å². The molecule has 4 heterocycles. The molecule has 3 aromatic heterocycles. The van der Waals surface area contributed by atoms with Crippen LogP contribution in [-0.4, -0.2) is 56.0 Å². The zero-order valence-corrected chi connectivity index (χ0v) is 20.7. The smallest absolute Gasteiger partial charge is 0.252 e. The number of hydrogen-bond donors (Lipinski definition) is 1. The van der Waals surface area contributed by atoms with Crippen molar-refractivity contribution in [1.29, 1.82) is 0 Å². The summed E-state index contributed by atoms with van der Waals surface area (Å²) in [6.07, 6.45) is 4.56. The van der Waals surface area contributed by atoms with Gasteiger partial charge in [-0.3, -0.25) is 9.69 Å². The Hall–Kier alpha value is -3.50. The molecule has 2 atom stereocenters. The third-order valence-electron chi connectivity index (χ3n) is 6.61. The van der Waals surface area contributed by atoms with Crippen molar-refractivity contribution in [2.75, 3.05) is 19.8 Å². The van der Waals surface area contributed by atoms with Crippen LogP contribution in [0.5, 0.6) is 5.75 Å². The number of ether oxygens (including phenoxy) is 2. The highest BCUT2D eigenvalue weighted by Gasteiger charge is 2.29. The third-order valence-corrected chi connectivity index (χ3v) is 6.61. The highest BCUT2D eigenvalue weighted by molar-refractivity contribution is 5.80. The summed E-state index contributed by atoms with van der Waals surface area (Å²) in [5, 5.41) is 13.5. The molecule has 2 unspecified atom stereocenters. The molecule has 0 saturated carbocycles. The fraction of sp³-hybridized carbons (Fsp3) is 0.462. The number of tetrazole rings is 1. The van der Waals surface area contributed by atoms with Crippen LogP contribution < -0.4 is 10.3 Å². The molecule has 36 heavy (non-hydrogen) atoms. The first-order valence-corrected chi connectivity index (χ1v) is 12.6. The molecule has 1 saturated heterocycles. The summed E-state index contributed by atoms with van der Waals surface area (Å²) >= 11 is 0. The summed E-state index contributed by atoms with van der Waals surface area (Å²) in [5.41, 5.74) is 1.36. The predicted molar refractivity (Wildman–Crippen MR) is 134 cm³/mol. The van der Waals surface area contributed by atoms with Crippen LogP contribution in [0, 0.1) is 0 Å². The molecule has 0 bridgehead atoms. The van der Waals surface area contributed by atoms with Gasteiger partial charge >= 0.3 is 0 Å². The van der Waals surface area contributed by atoms with E-state index < -0.39 is 0 Å². The van der Waals surface area contributed by atoms with Crippen molar-refractivity contribution in [3.8, 4) is 5.75 Å². The third kappa shape index (κ3) is 5.34. The quantitative estimate of drug-likeness (QED) is 0.337. The number of aromatic amines is 1. The van der Waals surface area contributed by atoms with E-state index in [1.807, 2.05) is 43.3 Å². The number of H-pyrrole nitrogens is 1. The Morgan fingerprint density at radius 1 is 1.28 bits per heavy atom. The standard InChI is InChI=1S/C26H32N6O4/c1-3-24(25-28-29-30-32(25)17-22-8-6-12-36-22)31(16-21-7-5-11-35-21)15-19-13-18-14-20(34-4-2)9-10-23(18)27-26(19)33/h6,8-10,12-14,21,24H,3-5,7,11,15-17H2,1-2H3,(H,27,33). The van der Waals surface area contributed by atoms with E-state index in [0.717, 1.165) is 54.1 Å². The van der Waals surface area contributed by atoms with E-state index in [9.17, 15) is 4.79 Å². The van der Waals surface area contributed by atoms with Crippen molar-refractivity contribution in [1.82, 2.24) is 30.1 Å². The maximum Gasteiger partial charge on any atom is 0.252 e. The maximum absolute atomic E-state index is 13.1. The van der Waals surface area contributed by atoms with Gasteiger partial charge in [0.1, 0.15) is 18.1 Å². The van der Waals surface area contributed by atoms with Gasteiger partial charge in [0.2, 0.25) is 0 Å². The van der Waals surface area contributed by atoms with Crippen LogP contribution in [0.25, 0.3) is 10.9 Å². The van der Waals surface area contributed by atoms with Gasteiger partial charge < -0.3 is 18.9 Å². The number of pyridine rings is 1. The fourth-order valence-electron chi connectivity index (χ4n) is 4.89. The molecular weight excluding hydrogens is 460 g/mol. The molecule has 0 radical (unpaired) electrons. The summed E-state index contributed by atoms with van der Waals surface area (Å²) in [6, 6.07) is 11.3. The normalized spacial score (nSPS) is 16.7. The summed E-state index contributed by atoms with van der Waals surface area (Å²) in [7, 11) is 0. The molecule has 1 aliphatic heterocycles. The minimum absolute atomic E-state index is 0.103. The lowest BCUT2D eigenvalue weighted by molar-refractivity contribution is 0.0488. The molecule has 10 nitrogen and oxygen atoms in total. The molecular formula is C26H32N6O4. The number of nitrogens with one attached hydrogen (secondary N) is 1. The van der Waals surface area contributed by atoms with Crippen LogP contribution >= 0.6 is 0 Å². The van der Waals surface area contributed by atoms with Gasteiger partial charge in [-0.05, 0) is 73.0 Å². The Kier molecular flexibility index (Phi) is 7.43. The van der Waals surface area contributed by atoms with Gasteiger partial charge in [0.15, 0.2) is 5.82 Å². The molecule has 1 aliphatic rings. The molecule has 5 rings (SSSR count). The van der Waals surface area contributed by atoms with E-state index in [0.29, 0.717) is 31.8 Å². The van der Waals surface area contributed by atoms with E-state index in [-0.39, 0.29) is 17.7 Å². The first-order chi connectivity index (χ1) is 17.6. The Morgan fingerprint density at radius 2 is 2.19 bits per heavy atom. The van der Waals surface area contributed by atoms with Crippen molar-refractivity contribution >= 4 is 10.9 Å². The van der Waals surface area contributed by atoms with Gasteiger partial charge in [-0.2, -0.15) is 0 Å². The molecule has 1 fully saturated rings. The molecule has 190 valence electrons. The molecule has 0 aliphatic carbocycles. The number of fused-ring (bicyclic) bond motifs is 1. The Morgan fingerprint density at radius 3 is 2.94 bits per heavy atom. The highest BCUT2D eigenvalue weighted by Crippen LogP contribution is 2.28. The average molecular weight is 493 g/mol. The van der Waals surface area contributed by atoms with Gasteiger partial charge in [-0.25, -0.2) is 4.68 Å². The fourth-order valence-corrected chi connectivity index (χ4v) is 4.89. The molecule has 10 heteroatoms. The Bertz CT molecular complexity index is 1330. The maximum atomic E-state index is 13.1. The molecule has 0 amide bonds. The van der Waals surface area contributed by atoms with Crippen LogP contribution in [0.2, 0.25) is 0 Å². The van der Waals surface area contributed by atoms with Crippen LogP contribution in [0.4, 0.5) is 0 Å². The van der Waals surface area contributed by atoms with Crippen molar-refractivity contribution in [2.24, 2.45) is 0 Å². The largest absolute Gasteiger partial charge is 0.494 e. The molecule has 1 aromatic carbocycles. The molecule has 4 aromatic rings. The predicted octanol–water partition coefficient (Wildman–Crippen LogP) is 3.69. The number of furan rings is 1. The van der Waals surface area contributed by atoms with Gasteiger partial charge in [0.05, 0.1) is 25.0 Å². The number of hydrogen-bond acceptors (Lipinski definition) is 8. The minimum Gasteiger partial charge on any atom is -0.494 e. The van der Waals surface area contributed by atoms with Gasteiger partial charge in [-0.1, -0.05) is 6.92 Å². The topological polar surface area (TPSA) is 111 Å². The van der Waals surface area contributed by atoms with Gasteiger partial charge in [0.25, 0.3) is 5.56 Å². The van der Waals surface area contributed by atoms with Gasteiger partial charge in [-0.15, -0.1) is 5.10 Å². The van der Waals surface area contributed by atoms with Crippen LogP contribution in [0.15, 0.2) is 51.9 Å². The average Bonchev–Trinajstić information content (AvgIpc) is 3.65. The van der Waals surface area contributed by atoms with Crippen LogP contribution in [0.1, 0.15) is 56.3 Å². The number of benzene rings is 1. The lowest BCUT2D eigenvalue weighted by Gasteiger charge is -2.32. The van der Waals surface area contributed by atoms with E-state index >= 15 is 0 Å². The van der Waals surface area contributed by atoms with E-state index in [4.69, 9.17) is 13.9 Å². The zero-order valence-electron chi connectivity index (χ0n) is 20.7. The van der Waals surface area contributed by atoms with Crippen molar-refractivity contribution < 1.29 is 13.9 Å². The van der Waals surface area contributed by atoms with Crippen LogP contribution in [-0.2, 0) is 17.8 Å². The summed E-state index contributed by atoms with van der Waals surface area (Å²) < 4.78 is 18.9. The first-order valence-electron chi connectivity index (χ1n) is 12.6. The highest BCUT2D eigenvalue weighted by atomic mass is 16.5. The molecule has 0 spiro atoms. The number of nitrogens with zero attached hydrogens (tertiary/aromatic N) is 5. The van der Waals surface area contributed by atoms with Gasteiger partial charge in [0, 0.05) is 36.2 Å².